The molecular weight excluding hydrogens is 250 g/mol. The van der Waals surface area contributed by atoms with Crippen LogP contribution in [0.2, 0.25) is 0 Å². The first-order chi connectivity index (χ1) is 8.37. The maximum atomic E-state index is 11.2. The third-order valence-electron chi connectivity index (χ3n) is 2.49. The van der Waals surface area contributed by atoms with Crippen molar-refractivity contribution in [2.45, 2.75) is 38.4 Å². The van der Waals surface area contributed by atoms with E-state index in [-0.39, 0.29) is 0 Å². The summed E-state index contributed by atoms with van der Waals surface area (Å²) in [5, 5.41) is 12.8. The number of carbonyl (C=O) groups is 1. The van der Waals surface area contributed by atoms with Crippen molar-refractivity contribution in [1.82, 2.24) is 15.3 Å². The lowest BCUT2D eigenvalue weighted by molar-refractivity contribution is -0.143. The van der Waals surface area contributed by atoms with Crippen LogP contribution in [-0.4, -0.2) is 38.9 Å². The van der Waals surface area contributed by atoms with E-state index in [1.165, 1.54) is 11.8 Å². The Morgan fingerprint density at radius 2 is 2.00 bits per heavy atom. The molecule has 1 aromatic heterocycles. The van der Waals surface area contributed by atoms with Crippen molar-refractivity contribution in [3.63, 3.8) is 0 Å². The molecule has 0 radical (unpaired) electrons. The van der Waals surface area contributed by atoms with E-state index >= 15 is 0 Å². The van der Waals surface area contributed by atoms with Crippen molar-refractivity contribution in [2.75, 3.05) is 12.3 Å². The van der Waals surface area contributed by atoms with E-state index in [0.29, 0.717) is 17.5 Å². The average molecular weight is 269 g/mol. The minimum Gasteiger partial charge on any atom is -0.480 e. The van der Waals surface area contributed by atoms with Gasteiger partial charge in [-0.05, 0) is 33.4 Å². The summed E-state index contributed by atoms with van der Waals surface area (Å²) in [7, 11) is 0. The van der Waals surface area contributed by atoms with Gasteiger partial charge in [-0.25, -0.2) is 9.97 Å². The Morgan fingerprint density at radius 3 is 2.44 bits per heavy atom. The maximum absolute atomic E-state index is 11.2. The number of likely N-dealkylation sites (N-methyl/N-ethyl adjacent to an activating group) is 1. The van der Waals surface area contributed by atoms with Gasteiger partial charge in [-0.2, -0.15) is 0 Å². The first-order valence-corrected chi connectivity index (χ1v) is 6.79. The van der Waals surface area contributed by atoms with Crippen LogP contribution >= 0.6 is 11.8 Å². The fraction of sp³-hybridized carbons (Fsp3) is 0.583. The minimum absolute atomic E-state index is 0.388. The molecule has 0 saturated carbocycles. The van der Waals surface area contributed by atoms with Crippen molar-refractivity contribution in [3.8, 4) is 0 Å². The second kappa shape index (κ2) is 6.15. The number of carboxylic acids is 1. The van der Waals surface area contributed by atoms with Crippen LogP contribution in [0.3, 0.4) is 0 Å². The largest absolute Gasteiger partial charge is 0.480 e. The smallest absolute Gasteiger partial charge is 0.324 e. The first kappa shape index (κ1) is 14.9. The van der Waals surface area contributed by atoms with Crippen molar-refractivity contribution < 1.29 is 9.90 Å². The lowest BCUT2D eigenvalue weighted by Crippen LogP contribution is -2.51. The van der Waals surface area contributed by atoms with E-state index in [1.54, 1.807) is 6.92 Å². The van der Waals surface area contributed by atoms with Gasteiger partial charge in [-0.1, -0.05) is 18.7 Å². The zero-order valence-corrected chi connectivity index (χ0v) is 12.0. The van der Waals surface area contributed by atoms with Gasteiger partial charge in [0.1, 0.15) is 5.54 Å². The van der Waals surface area contributed by atoms with Crippen LogP contribution in [0.5, 0.6) is 0 Å². The Morgan fingerprint density at radius 1 is 1.44 bits per heavy atom. The molecular formula is C12H19N3O2S. The lowest BCUT2D eigenvalue weighted by Gasteiger charge is -2.24. The molecule has 1 aromatic rings. The predicted octanol–water partition coefficient (Wildman–Crippen LogP) is 1.64. The Labute approximate surface area is 111 Å². The number of aromatic nitrogens is 2. The van der Waals surface area contributed by atoms with E-state index in [0.717, 1.165) is 11.4 Å². The van der Waals surface area contributed by atoms with Gasteiger partial charge in [0, 0.05) is 17.1 Å². The highest BCUT2D eigenvalue weighted by Crippen LogP contribution is 2.20. The van der Waals surface area contributed by atoms with Crippen LogP contribution in [0.15, 0.2) is 11.2 Å². The molecule has 100 valence electrons. The van der Waals surface area contributed by atoms with Crippen molar-refractivity contribution in [2.24, 2.45) is 0 Å². The molecule has 0 aliphatic rings. The number of carboxylic acid groups (broad SMARTS) is 1. The maximum Gasteiger partial charge on any atom is 0.324 e. The molecule has 0 aliphatic carbocycles. The molecule has 1 heterocycles. The molecule has 1 unspecified atom stereocenters. The second-order valence-corrected chi connectivity index (χ2v) is 5.33. The van der Waals surface area contributed by atoms with E-state index in [1.807, 2.05) is 26.8 Å². The van der Waals surface area contributed by atoms with Gasteiger partial charge >= 0.3 is 5.97 Å². The minimum atomic E-state index is -0.958. The lowest BCUT2D eigenvalue weighted by atomic mass is 10.1. The summed E-state index contributed by atoms with van der Waals surface area (Å²) in [4.78, 5) is 19.8. The van der Waals surface area contributed by atoms with Crippen LogP contribution in [0.4, 0.5) is 0 Å². The van der Waals surface area contributed by atoms with Crippen molar-refractivity contribution in [3.05, 3.63) is 17.5 Å². The molecule has 2 N–H and O–H groups in total. The fourth-order valence-corrected chi connectivity index (χ4v) is 2.61. The van der Waals surface area contributed by atoms with Crippen LogP contribution in [0.25, 0.3) is 0 Å². The summed E-state index contributed by atoms with van der Waals surface area (Å²) in [5.74, 6) is -0.472. The van der Waals surface area contributed by atoms with Gasteiger partial charge in [0.05, 0.1) is 0 Å². The SMILES string of the molecule is CCNC(C)(CSc1nc(C)cc(C)n1)C(=O)O. The topological polar surface area (TPSA) is 75.1 Å². The zero-order chi connectivity index (χ0) is 13.8. The Bertz CT molecular complexity index is 419. The van der Waals surface area contributed by atoms with E-state index < -0.39 is 11.5 Å². The summed E-state index contributed by atoms with van der Waals surface area (Å²) < 4.78 is 0. The summed E-state index contributed by atoms with van der Waals surface area (Å²) in [6.07, 6.45) is 0. The van der Waals surface area contributed by atoms with Crippen LogP contribution in [0.1, 0.15) is 25.2 Å². The van der Waals surface area contributed by atoms with Crippen LogP contribution < -0.4 is 5.32 Å². The first-order valence-electron chi connectivity index (χ1n) is 5.81. The Hall–Kier alpha value is -1.14. The molecule has 5 nitrogen and oxygen atoms in total. The molecule has 0 bridgehead atoms. The van der Waals surface area contributed by atoms with Crippen LogP contribution in [-0.2, 0) is 4.79 Å². The third kappa shape index (κ3) is 3.96. The Kier molecular flexibility index (Phi) is 5.10. The number of hydrogen-bond acceptors (Lipinski definition) is 5. The van der Waals surface area contributed by atoms with Gasteiger partial charge in [-0.15, -0.1) is 0 Å². The summed E-state index contributed by atoms with van der Waals surface area (Å²) in [6, 6.07) is 1.89. The molecule has 0 spiro atoms. The molecule has 0 amide bonds. The van der Waals surface area contributed by atoms with Gasteiger partial charge in [0.25, 0.3) is 0 Å². The van der Waals surface area contributed by atoms with E-state index in [2.05, 4.69) is 15.3 Å². The van der Waals surface area contributed by atoms with E-state index in [4.69, 9.17) is 0 Å². The van der Waals surface area contributed by atoms with Crippen molar-refractivity contribution in [1.29, 1.82) is 0 Å². The molecule has 6 heteroatoms. The van der Waals surface area contributed by atoms with Gasteiger partial charge in [0.15, 0.2) is 5.16 Å². The predicted molar refractivity (Wildman–Crippen MR) is 71.9 cm³/mol. The van der Waals surface area contributed by atoms with Gasteiger partial charge < -0.3 is 10.4 Å². The number of rotatable bonds is 6. The molecule has 0 aromatic carbocycles. The highest BCUT2D eigenvalue weighted by Gasteiger charge is 2.32. The summed E-state index contributed by atoms with van der Waals surface area (Å²) in [5.41, 5.74) is 0.830. The fourth-order valence-electron chi connectivity index (χ4n) is 1.55. The number of aryl methyl sites for hydroxylation is 2. The molecule has 1 rings (SSSR count). The number of hydrogen-bond donors (Lipinski definition) is 2. The normalized spacial score (nSPS) is 14.2. The second-order valence-electron chi connectivity index (χ2n) is 4.39. The van der Waals surface area contributed by atoms with Crippen LogP contribution in [0, 0.1) is 13.8 Å². The zero-order valence-electron chi connectivity index (χ0n) is 11.1. The Balaban J connectivity index is 2.76. The number of thioether (sulfide) groups is 1. The van der Waals surface area contributed by atoms with Crippen molar-refractivity contribution >= 4 is 17.7 Å². The molecule has 0 saturated heterocycles. The quantitative estimate of drug-likeness (QED) is 0.604. The van der Waals surface area contributed by atoms with Gasteiger partial charge in [-0.3, -0.25) is 4.79 Å². The number of nitrogens with one attached hydrogen (secondary N) is 1. The monoisotopic (exact) mass is 269 g/mol. The van der Waals surface area contributed by atoms with E-state index in [9.17, 15) is 9.90 Å². The number of aliphatic carboxylic acids is 1. The highest BCUT2D eigenvalue weighted by molar-refractivity contribution is 7.99. The standard InChI is InChI=1S/C12H19N3O2S/c1-5-13-12(4,10(16)17)7-18-11-14-8(2)6-9(3)15-11/h6,13H,5,7H2,1-4H3,(H,16,17). The highest BCUT2D eigenvalue weighted by atomic mass is 32.2. The average Bonchev–Trinajstić information content (AvgIpc) is 2.25. The molecule has 1 atom stereocenters. The number of nitrogens with zero attached hydrogens (tertiary/aromatic N) is 2. The van der Waals surface area contributed by atoms with Gasteiger partial charge in [0.2, 0.25) is 0 Å². The third-order valence-corrected chi connectivity index (χ3v) is 3.65. The summed E-state index contributed by atoms with van der Waals surface area (Å²) in [6.45, 7) is 7.98. The molecule has 0 aliphatic heterocycles. The molecule has 0 fully saturated rings. The summed E-state index contributed by atoms with van der Waals surface area (Å²) >= 11 is 1.36. The molecule has 18 heavy (non-hydrogen) atoms.